The number of pyridine rings is 1. The van der Waals surface area contributed by atoms with Crippen molar-refractivity contribution in [2.45, 2.75) is 32.4 Å². The molecule has 1 aliphatic carbocycles. The van der Waals surface area contributed by atoms with Crippen molar-refractivity contribution in [1.29, 1.82) is 0 Å². The van der Waals surface area contributed by atoms with Crippen molar-refractivity contribution < 1.29 is 18.0 Å². The van der Waals surface area contributed by atoms with Crippen LogP contribution in [0.15, 0.2) is 36.5 Å². The number of amides is 1. The SMILES string of the molecule is Cc1ccccc1-n1nc(C(=O)N2CCN(c3ncc(C(F)(F)F)cc3Cl)CC2)c2c1CCC2. The molecule has 6 nitrogen and oxygen atoms in total. The van der Waals surface area contributed by atoms with Crippen molar-refractivity contribution in [3.05, 3.63) is 69.6 Å². The Hall–Kier alpha value is -3.07. The second kappa shape index (κ2) is 8.61. The summed E-state index contributed by atoms with van der Waals surface area (Å²) in [6.07, 6.45) is -1.00. The van der Waals surface area contributed by atoms with E-state index in [1.165, 1.54) is 0 Å². The fourth-order valence-corrected chi connectivity index (χ4v) is 4.98. The van der Waals surface area contributed by atoms with Gasteiger partial charge in [0.15, 0.2) is 5.69 Å². The first kappa shape index (κ1) is 22.7. The number of fused-ring (bicyclic) bond motifs is 1. The van der Waals surface area contributed by atoms with E-state index in [9.17, 15) is 18.0 Å². The average molecular weight is 490 g/mol. The Bertz CT molecular complexity index is 1250. The molecule has 1 amide bonds. The molecule has 1 aliphatic heterocycles. The summed E-state index contributed by atoms with van der Waals surface area (Å²) in [5, 5.41) is 4.68. The minimum atomic E-state index is -4.50. The first-order chi connectivity index (χ1) is 16.2. The van der Waals surface area contributed by atoms with Crippen molar-refractivity contribution in [1.82, 2.24) is 19.7 Å². The Labute approximate surface area is 199 Å². The van der Waals surface area contributed by atoms with Crippen LogP contribution in [-0.2, 0) is 19.0 Å². The van der Waals surface area contributed by atoms with Gasteiger partial charge in [-0.2, -0.15) is 18.3 Å². The van der Waals surface area contributed by atoms with Gasteiger partial charge in [-0.25, -0.2) is 9.67 Å². The van der Waals surface area contributed by atoms with Crippen LogP contribution >= 0.6 is 11.6 Å². The third kappa shape index (κ3) is 4.02. The lowest BCUT2D eigenvalue weighted by Crippen LogP contribution is -2.49. The van der Waals surface area contributed by atoms with Gasteiger partial charge in [0.25, 0.3) is 5.91 Å². The Morgan fingerprint density at radius 1 is 1.09 bits per heavy atom. The van der Waals surface area contributed by atoms with E-state index in [1.54, 1.807) is 4.90 Å². The fraction of sp³-hybridized carbons (Fsp3) is 0.375. The molecule has 34 heavy (non-hydrogen) atoms. The molecular formula is C24H23ClF3N5O. The summed E-state index contributed by atoms with van der Waals surface area (Å²) in [5.41, 5.74) is 3.80. The van der Waals surface area contributed by atoms with Gasteiger partial charge >= 0.3 is 6.18 Å². The van der Waals surface area contributed by atoms with E-state index in [0.29, 0.717) is 37.7 Å². The van der Waals surface area contributed by atoms with E-state index >= 15 is 0 Å². The highest BCUT2D eigenvalue weighted by molar-refractivity contribution is 6.33. The van der Waals surface area contributed by atoms with E-state index in [4.69, 9.17) is 16.7 Å². The number of para-hydroxylation sites is 1. The van der Waals surface area contributed by atoms with Crippen molar-refractivity contribution in [2.24, 2.45) is 0 Å². The third-order valence-electron chi connectivity index (χ3n) is 6.49. The highest BCUT2D eigenvalue weighted by atomic mass is 35.5. The molecule has 1 saturated heterocycles. The second-order valence-electron chi connectivity index (χ2n) is 8.63. The van der Waals surface area contributed by atoms with E-state index in [1.807, 2.05) is 40.8 Å². The van der Waals surface area contributed by atoms with Crippen molar-refractivity contribution in [3.63, 3.8) is 0 Å². The molecule has 1 fully saturated rings. The maximum Gasteiger partial charge on any atom is 0.417 e. The topological polar surface area (TPSA) is 54.3 Å². The highest BCUT2D eigenvalue weighted by Crippen LogP contribution is 2.34. The van der Waals surface area contributed by atoms with Gasteiger partial charge in [-0.1, -0.05) is 29.8 Å². The van der Waals surface area contributed by atoms with Gasteiger partial charge in [-0.3, -0.25) is 4.79 Å². The molecular weight excluding hydrogens is 467 g/mol. The van der Waals surface area contributed by atoms with Crippen LogP contribution in [0.4, 0.5) is 19.0 Å². The molecule has 178 valence electrons. The first-order valence-corrected chi connectivity index (χ1v) is 11.6. The summed E-state index contributed by atoms with van der Waals surface area (Å²) in [6, 6.07) is 8.87. The molecule has 5 rings (SSSR count). The molecule has 2 aliphatic rings. The number of piperazine rings is 1. The van der Waals surface area contributed by atoms with Crippen molar-refractivity contribution in [2.75, 3.05) is 31.1 Å². The molecule has 3 heterocycles. The lowest BCUT2D eigenvalue weighted by atomic mass is 10.1. The van der Waals surface area contributed by atoms with Crippen LogP contribution < -0.4 is 4.90 Å². The summed E-state index contributed by atoms with van der Waals surface area (Å²) in [4.78, 5) is 20.9. The summed E-state index contributed by atoms with van der Waals surface area (Å²) in [5.74, 6) is 0.183. The number of rotatable bonds is 3. The zero-order valence-electron chi connectivity index (χ0n) is 18.6. The lowest BCUT2D eigenvalue weighted by Gasteiger charge is -2.35. The number of aromatic nitrogens is 3. The number of benzene rings is 1. The summed E-state index contributed by atoms with van der Waals surface area (Å²) < 4.78 is 40.6. The molecule has 0 spiro atoms. The molecule has 0 atom stereocenters. The number of carbonyl (C=O) groups excluding carboxylic acids is 1. The van der Waals surface area contributed by atoms with Gasteiger partial charge in [-0.15, -0.1) is 0 Å². The number of halogens is 4. The zero-order valence-corrected chi connectivity index (χ0v) is 19.3. The van der Waals surface area contributed by atoms with Gasteiger partial charge in [0.1, 0.15) is 5.82 Å². The first-order valence-electron chi connectivity index (χ1n) is 11.2. The number of alkyl halides is 3. The smallest absolute Gasteiger partial charge is 0.352 e. The molecule has 1 aromatic carbocycles. The molecule has 0 bridgehead atoms. The summed E-state index contributed by atoms with van der Waals surface area (Å²) in [7, 11) is 0. The molecule has 0 N–H and O–H groups in total. The standard InChI is InChI=1S/C24H23ClF3N5O/c1-15-5-2-3-7-19(15)33-20-8-4-6-17(20)21(30-33)23(34)32-11-9-31(10-12-32)22-18(25)13-16(14-29-22)24(26,27)28/h2-3,5,7,13-14H,4,6,8-12H2,1H3. The minimum absolute atomic E-state index is 0.0515. The maximum absolute atomic E-state index is 13.4. The van der Waals surface area contributed by atoms with E-state index in [-0.39, 0.29) is 10.9 Å². The Morgan fingerprint density at radius 3 is 2.50 bits per heavy atom. The number of anilines is 1. The molecule has 10 heteroatoms. The molecule has 2 aromatic heterocycles. The maximum atomic E-state index is 13.4. The highest BCUT2D eigenvalue weighted by Gasteiger charge is 2.34. The van der Waals surface area contributed by atoms with Crippen LogP contribution in [0.5, 0.6) is 0 Å². The summed E-state index contributed by atoms with van der Waals surface area (Å²) >= 11 is 6.10. The van der Waals surface area contributed by atoms with Gasteiger partial charge in [0.05, 0.1) is 16.3 Å². The third-order valence-corrected chi connectivity index (χ3v) is 6.77. The minimum Gasteiger partial charge on any atom is -0.352 e. The predicted octanol–water partition coefficient (Wildman–Crippen LogP) is 4.70. The van der Waals surface area contributed by atoms with Gasteiger partial charge in [-0.05, 0) is 43.9 Å². The molecule has 0 saturated carbocycles. The van der Waals surface area contributed by atoms with Gasteiger partial charge < -0.3 is 9.80 Å². The van der Waals surface area contributed by atoms with Crippen LogP contribution in [-0.4, -0.2) is 51.8 Å². The zero-order chi connectivity index (χ0) is 24.0. The Balaban J connectivity index is 1.34. The molecule has 3 aromatic rings. The number of nitrogens with zero attached hydrogens (tertiary/aromatic N) is 5. The largest absolute Gasteiger partial charge is 0.417 e. The van der Waals surface area contributed by atoms with E-state index in [2.05, 4.69) is 4.98 Å². The molecule has 0 radical (unpaired) electrons. The van der Waals surface area contributed by atoms with Crippen LogP contribution in [0, 0.1) is 6.92 Å². The van der Waals surface area contributed by atoms with Crippen LogP contribution in [0.3, 0.4) is 0 Å². The van der Waals surface area contributed by atoms with Gasteiger partial charge in [0, 0.05) is 43.6 Å². The number of aryl methyl sites for hydroxylation is 1. The molecule has 0 unspecified atom stereocenters. The van der Waals surface area contributed by atoms with Crippen LogP contribution in [0.2, 0.25) is 5.02 Å². The fourth-order valence-electron chi connectivity index (χ4n) is 4.70. The number of carbonyl (C=O) groups is 1. The monoisotopic (exact) mass is 489 g/mol. The van der Waals surface area contributed by atoms with Crippen LogP contribution in [0.25, 0.3) is 5.69 Å². The average Bonchev–Trinajstić information content (AvgIpc) is 3.42. The Morgan fingerprint density at radius 2 is 1.82 bits per heavy atom. The lowest BCUT2D eigenvalue weighted by molar-refractivity contribution is -0.137. The normalized spacial score (nSPS) is 16.1. The predicted molar refractivity (Wildman–Crippen MR) is 123 cm³/mol. The Kier molecular flexibility index (Phi) is 5.75. The summed E-state index contributed by atoms with van der Waals surface area (Å²) in [6.45, 7) is 3.68. The van der Waals surface area contributed by atoms with Gasteiger partial charge in [0.2, 0.25) is 0 Å². The quantitative estimate of drug-likeness (QED) is 0.535. The van der Waals surface area contributed by atoms with Crippen LogP contribution in [0.1, 0.15) is 39.3 Å². The van der Waals surface area contributed by atoms with Crippen molar-refractivity contribution >= 4 is 23.3 Å². The number of hydrogen-bond acceptors (Lipinski definition) is 4. The van der Waals surface area contributed by atoms with Crippen molar-refractivity contribution in [3.8, 4) is 5.69 Å². The second-order valence-corrected chi connectivity index (χ2v) is 9.04. The van der Waals surface area contributed by atoms with E-state index in [0.717, 1.165) is 54.0 Å². The van der Waals surface area contributed by atoms with E-state index < -0.39 is 11.7 Å². The number of hydrogen-bond donors (Lipinski definition) is 0.